The Morgan fingerprint density at radius 2 is 1.97 bits per heavy atom. The maximum Gasteiger partial charge on any atom is 0.317 e. The van der Waals surface area contributed by atoms with Gasteiger partial charge >= 0.3 is 6.03 Å². The molecule has 2 aliphatic rings. The van der Waals surface area contributed by atoms with Crippen molar-refractivity contribution in [3.63, 3.8) is 0 Å². The van der Waals surface area contributed by atoms with Crippen LogP contribution in [0.2, 0.25) is 0 Å². The van der Waals surface area contributed by atoms with Crippen LogP contribution in [0.15, 0.2) is 36.4 Å². The Bertz CT molecular complexity index is 995. The average molecular weight is 481 g/mol. The van der Waals surface area contributed by atoms with Crippen molar-refractivity contribution >= 4 is 17.8 Å². The molecular formula is C26H36N6O3. The van der Waals surface area contributed by atoms with Crippen molar-refractivity contribution in [1.29, 1.82) is 0 Å². The van der Waals surface area contributed by atoms with Gasteiger partial charge in [0.05, 0.1) is 12.8 Å². The van der Waals surface area contributed by atoms with Crippen LogP contribution in [-0.2, 0) is 4.79 Å². The molecule has 1 N–H and O–H groups in total. The molecule has 1 aromatic heterocycles. The highest BCUT2D eigenvalue weighted by Crippen LogP contribution is 2.29. The van der Waals surface area contributed by atoms with Crippen molar-refractivity contribution in [3.8, 4) is 17.0 Å². The molecule has 9 nitrogen and oxygen atoms in total. The third kappa shape index (κ3) is 6.83. The molecule has 0 unspecified atom stereocenters. The lowest BCUT2D eigenvalue weighted by Crippen LogP contribution is -2.48. The molecule has 2 heterocycles. The number of benzene rings is 1. The summed E-state index contributed by atoms with van der Waals surface area (Å²) in [6.45, 7) is 6.23. The molecule has 4 rings (SSSR count). The fourth-order valence-corrected chi connectivity index (χ4v) is 4.26. The Morgan fingerprint density at radius 1 is 1.11 bits per heavy atom. The number of rotatable bonds is 9. The second-order valence-corrected chi connectivity index (χ2v) is 9.29. The summed E-state index contributed by atoms with van der Waals surface area (Å²) in [5.74, 6) is 2.14. The number of carbonyl (C=O) groups excluding carboxylic acids is 2. The van der Waals surface area contributed by atoms with E-state index in [1.54, 1.807) is 12.0 Å². The summed E-state index contributed by atoms with van der Waals surface area (Å²) in [5.41, 5.74) is 1.74. The number of ether oxygens (including phenoxy) is 1. The van der Waals surface area contributed by atoms with Crippen LogP contribution in [0, 0.1) is 5.92 Å². The molecule has 1 aliphatic heterocycles. The number of carbonyl (C=O) groups is 2. The number of amides is 3. The second-order valence-electron chi connectivity index (χ2n) is 9.29. The second kappa shape index (κ2) is 11.9. The van der Waals surface area contributed by atoms with Gasteiger partial charge in [0.15, 0.2) is 5.82 Å². The molecule has 1 aliphatic carbocycles. The van der Waals surface area contributed by atoms with Crippen LogP contribution in [-0.4, -0.2) is 84.9 Å². The van der Waals surface area contributed by atoms with E-state index in [4.69, 9.17) is 4.74 Å². The number of nitrogens with zero attached hydrogens (tertiary/aromatic N) is 5. The fraction of sp³-hybridized carbons (Fsp3) is 0.538. The molecule has 1 saturated heterocycles. The molecule has 0 bridgehead atoms. The van der Waals surface area contributed by atoms with E-state index in [0.717, 1.165) is 55.1 Å². The largest absolute Gasteiger partial charge is 0.497 e. The zero-order valence-corrected chi connectivity index (χ0v) is 20.8. The van der Waals surface area contributed by atoms with Gasteiger partial charge < -0.3 is 24.8 Å². The van der Waals surface area contributed by atoms with Crippen LogP contribution < -0.4 is 15.0 Å². The molecular weight excluding hydrogens is 444 g/mol. The molecule has 0 atom stereocenters. The number of methoxy groups -OCH3 is 1. The van der Waals surface area contributed by atoms with E-state index in [1.165, 1.54) is 0 Å². The first-order chi connectivity index (χ1) is 17.1. The highest BCUT2D eigenvalue weighted by atomic mass is 16.5. The van der Waals surface area contributed by atoms with Gasteiger partial charge in [0.25, 0.3) is 0 Å². The van der Waals surface area contributed by atoms with E-state index in [2.05, 4.69) is 20.4 Å². The third-order valence-corrected chi connectivity index (χ3v) is 6.50. The average Bonchev–Trinajstić information content (AvgIpc) is 3.74. The van der Waals surface area contributed by atoms with Gasteiger partial charge in [0.1, 0.15) is 12.3 Å². The van der Waals surface area contributed by atoms with Crippen molar-refractivity contribution in [2.24, 2.45) is 5.92 Å². The number of aromatic nitrogens is 2. The van der Waals surface area contributed by atoms with Crippen LogP contribution in [0.25, 0.3) is 11.3 Å². The molecule has 2 aromatic rings. The first kappa shape index (κ1) is 24.8. The molecule has 0 spiro atoms. The standard InChI is InChI=1S/C26H36N6O3/c1-3-12-27-26(34)32(18-20-8-9-20)19-25(33)31-14-5-13-30(15-16-31)24-11-10-23(28-29-24)21-6-4-7-22(17-21)35-2/h4,6-7,10-11,17,20H,3,5,8-9,12-16,18-19H2,1-2H3,(H,27,34). The summed E-state index contributed by atoms with van der Waals surface area (Å²) in [4.78, 5) is 31.4. The normalized spacial score (nSPS) is 15.9. The van der Waals surface area contributed by atoms with Crippen molar-refractivity contribution in [3.05, 3.63) is 36.4 Å². The summed E-state index contributed by atoms with van der Waals surface area (Å²) in [6, 6.07) is 11.6. The summed E-state index contributed by atoms with van der Waals surface area (Å²) in [5, 5.41) is 11.8. The molecule has 0 radical (unpaired) electrons. The van der Waals surface area contributed by atoms with Gasteiger partial charge in [0, 0.05) is 44.8 Å². The monoisotopic (exact) mass is 480 g/mol. The lowest BCUT2D eigenvalue weighted by molar-refractivity contribution is -0.131. The lowest BCUT2D eigenvalue weighted by atomic mass is 10.1. The minimum absolute atomic E-state index is 0.0126. The van der Waals surface area contributed by atoms with E-state index >= 15 is 0 Å². The summed E-state index contributed by atoms with van der Waals surface area (Å²) in [7, 11) is 1.65. The van der Waals surface area contributed by atoms with Crippen molar-refractivity contribution < 1.29 is 14.3 Å². The van der Waals surface area contributed by atoms with Gasteiger partial charge in [0.2, 0.25) is 5.91 Å². The first-order valence-corrected chi connectivity index (χ1v) is 12.6. The van der Waals surface area contributed by atoms with E-state index in [-0.39, 0.29) is 18.5 Å². The quantitative estimate of drug-likeness (QED) is 0.593. The fourth-order valence-electron chi connectivity index (χ4n) is 4.26. The van der Waals surface area contributed by atoms with Crippen LogP contribution in [0.5, 0.6) is 5.75 Å². The topological polar surface area (TPSA) is 90.9 Å². The zero-order valence-electron chi connectivity index (χ0n) is 20.8. The summed E-state index contributed by atoms with van der Waals surface area (Å²) < 4.78 is 5.30. The van der Waals surface area contributed by atoms with Crippen molar-refractivity contribution in [1.82, 2.24) is 25.3 Å². The highest BCUT2D eigenvalue weighted by Gasteiger charge is 2.29. The molecule has 3 amide bonds. The molecule has 188 valence electrons. The van der Waals surface area contributed by atoms with E-state index in [1.807, 2.05) is 48.2 Å². The number of nitrogens with one attached hydrogen (secondary N) is 1. The first-order valence-electron chi connectivity index (χ1n) is 12.6. The van der Waals surface area contributed by atoms with Crippen LogP contribution >= 0.6 is 0 Å². The van der Waals surface area contributed by atoms with Crippen molar-refractivity contribution in [2.45, 2.75) is 32.6 Å². The Hall–Kier alpha value is -3.36. The number of urea groups is 1. The zero-order chi connectivity index (χ0) is 24.6. The molecule has 1 aromatic carbocycles. The third-order valence-electron chi connectivity index (χ3n) is 6.50. The SMILES string of the molecule is CCCNC(=O)N(CC(=O)N1CCCN(c2ccc(-c3cccc(OC)c3)nn2)CC1)CC1CC1. The van der Waals surface area contributed by atoms with Gasteiger partial charge in [-0.25, -0.2) is 4.79 Å². The van der Waals surface area contributed by atoms with Gasteiger partial charge in [-0.1, -0.05) is 19.1 Å². The van der Waals surface area contributed by atoms with Crippen LogP contribution in [0.4, 0.5) is 10.6 Å². The van der Waals surface area contributed by atoms with Gasteiger partial charge in [-0.2, -0.15) is 0 Å². The van der Waals surface area contributed by atoms with Gasteiger partial charge in [-0.15, -0.1) is 10.2 Å². The van der Waals surface area contributed by atoms with E-state index in [0.29, 0.717) is 38.6 Å². The maximum atomic E-state index is 13.1. The molecule has 9 heteroatoms. The number of hydrogen-bond donors (Lipinski definition) is 1. The molecule has 35 heavy (non-hydrogen) atoms. The van der Waals surface area contributed by atoms with Crippen molar-refractivity contribution in [2.75, 3.05) is 57.8 Å². The number of hydrogen-bond acceptors (Lipinski definition) is 6. The lowest BCUT2D eigenvalue weighted by Gasteiger charge is -2.27. The minimum atomic E-state index is -0.130. The predicted molar refractivity (Wildman–Crippen MR) is 135 cm³/mol. The predicted octanol–water partition coefficient (Wildman–Crippen LogP) is 3.02. The van der Waals surface area contributed by atoms with E-state index < -0.39 is 0 Å². The highest BCUT2D eigenvalue weighted by molar-refractivity contribution is 5.84. The Kier molecular flexibility index (Phi) is 8.39. The Balaban J connectivity index is 1.34. The van der Waals surface area contributed by atoms with E-state index in [9.17, 15) is 9.59 Å². The molecule has 1 saturated carbocycles. The smallest absolute Gasteiger partial charge is 0.317 e. The minimum Gasteiger partial charge on any atom is -0.497 e. The maximum absolute atomic E-state index is 13.1. The van der Waals surface area contributed by atoms with Gasteiger partial charge in [-0.05, 0) is 55.9 Å². The van der Waals surface area contributed by atoms with Gasteiger partial charge in [-0.3, -0.25) is 4.79 Å². The molecule has 2 fully saturated rings. The van der Waals surface area contributed by atoms with Crippen LogP contribution in [0.1, 0.15) is 32.6 Å². The summed E-state index contributed by atoms with van der Waals surface area (Å²) in [6.07, 6.45) is 4.00. The Labute approximate surface area is 207 Å². The summed E-state index contributed by atoms with van der Waals surface area (Å²) >= 11 is 0. The Morgan fingerprint density at radius 3 is 2.69 bits per heavy atom. The van der Waals surface area contributed by atoms with Crippen LogP contribution in [0.3, 0.4) is 0 Å². The number of anilines is 1.